The quantitative estimate of drug-likeness (QED) is 0.604. The van der Waals surface area contributed by atoms with Crippen molar-refractivity contribution in [2.75, 3.05) is 7.05 Å². The fourth-order valence-electron chi connectivity index (χ4n) is 4.50. The van der Waals surface area contributed by atoms with Gasteiger partial charge in [-0.25, -0.2) is 8.42 Å². The lowest BCUT2D eigenvalue weighted by Gasteiger charge is -2.29. The Morgan fingerprint density at radius 3 is 2.15 bits per heavy atom. The second-order valence-corrected chi connectivity index (χ2v) is 12.2. The minimum absolute atomic E-state index is 0.0993. The number of carbonyl (C=O) groups is 1. The van der Waals surface area contributed by atoms with Gasteiger partial charge in [-0.05, 0) is 66.5 Å². The molecule has 7 heteroatoms. The molecule has 0 spiro atoms. The van der Waals surface area contributed by atoms with E-state index in [1.54, 1.807) is 48.3 Å². The summed E-state index contributed by atoms with van der Waals surface area (Å²) < 4.78 is 29.2. The van der Waals surface area contributed by atoms with Gasteiger partial charge in [-0.2, -0.15) is 9.98 Å². The Kier molecular flexibility index (Phi) is 8.17. The lowest BCUT2D eigenvalue weighted by atomic mass is 9.88. The van der Waals surface area contributed by atoms with Crippen LogP contribution in [0, 0.1) is 16.7 Å². The average molecular weight is 482 g/mol. The average Bonchev–Trinajstić information content (AvgIpc) is 3.32. The second kappa shape index (κ2) is 10.7. The third-order valence-corrected chi connectivity index (χ3v) is 7.79. The number of rotatable bonds is 8. The molecule has 1 fully saturated rings. The van der Waals surface area contributed by atoms with Crippen LogP contribution in [0.4, 0.5) is 0 Å². The van der Waals surface area contributed by atoms with Crippen molar-refractivity contribution in [2.45, 2.75) is 76.3 Å². The summed E-state index contributed by atoms with van der Waals surface area (Å²) in [4.78, 5) is 15.3. The zero-order valence-electron chi connectivity index (χ0n) is 20.5. The molecule has 0 aliphatic heterocycles. The number of benzene rings is 2. The molecule has 34 heavy (non-hydrogen) atoms. The Labute approximate surface area is 204 Å². The number of hydrogen-bond acceptors (Lipinski definition) is 4. The third kappa shape index (κ3) is 6.91. The number of nitrogens with one attached hydrogen (secondary N) is 1. The van der Waals surface area contributed by atoms with Gasteiger partial charge in [-0.15, -0.1) is 0 Å². The molecule has 1 amide bonds. The van der Waals surface area contributed by atoms with Crippen LogP contribution in [-0.2, 0) is 27.7 Å². The van der Waals surface area contributed by atoms with Crippen molar-refractivity contribution in [3.8, 4) is 6.07 Å². The van der Waals surface area contributed by atoms with Crippen LogP contribution in [0.5, 0.6) is 0 Å². The van der Waals surface area contributed by atoms with Crippen LogP contribution >= 0.6 is 0 Å². The van der Waals surface area contributed by atoms with E-state index in [-0.39, 0.29) is 28.7 Å². The monoisotopic (exact) mass is 481 g/mol. The molecule has 0 bridgehead atoms. The molecule has 1 aliphatic rings. The van der Waals surface area contributed by atoms with Gasteiger partial charge in [0.1, 0.15) is 6.04 Å². The second-order valence-electron chi connectivity index (χ2n) is 10.5. The van der Waals surface area contributed by atoms with Gasteiger partial charge in [0, 0.05) is 13.1 Å². The van der Waals surface area contributed by atoms with Crippen LogP contribution in [0.2, 0.25) is 0 Å². The molecule has 0 saturated heterocycles. The van der Waals surface area contributed by atoms with Crippen molar-refractivity contribution in [1.82, 2.24) is 9.62 Å². The summed E-state index contributed by atoms with van der Waals surface area (Å²) in [5, 5.41) is 9.05. The highest BCUT2D eigenvalue weighted by Gasteiger charge is 2.32. The fraction of sp³-hybridized carbons (Fsp3) is 0.481. The van der Waals surface area contributed by atoms with Crippen molar-refractivity contribution in [3.05, 3.63) is 65.2 Å². The van der Waals surface area contributed by atoms with Crippen LogP contribution < -0.4 is 4.72 Å². The van der Waals surface area contributed by atoms with E-state index in [1.807, 2.05) is 12.1 Å². The molecular weight excluding hydrogens is 446 g/mol. The van der Waals surface area contributed by atoms with Gasteiger partial charge < -0.3 is 4.90 Å². The zero-order valence-corrected chi connectivity index (χ0v) is 21.4. The Balaban J connectivity index is 1.83. The van der Waals surface area contributed by atoms with E-state index < -0.39 is 16.1 Å². The molecule has 0 heterocycles. The van der Waals surface area contributed by atoms with Crippen LogP contribution in [0.25, 0.3) is 0 Å². The summed E-state index contributed by atoms with van der Waals surface area (Å²) in [6.45, 7) is 6.41. The van der Waals surface area contributed by atoms with E-state index in [9.17, 15) is 13.2 Å². The molecule has 182 valence electrons. The SMILES string of the molecule is CN(C(=O)[C@H](Cc1ccc(C#N)cc1)NS(=O)(=O)c1ccc(CC(C)(C)C)cc1)C1CCCC1. The van der Waals surface area contributed by atoms with Gasteiger partial charge in [-0.3, -0.25) is 4.79 Å². The third-order valence-electron chi connectivity index (χ3n) is 6.31. The Morgan fingerprint density at radius 1 is 1.06 bits per heavy atom. The molecule has 0 radical (unpaired) electrons. The fourth-order valence-corrected chi connectivity index (χ4v) is 5.69. The number of hydrogen-bond donors (Lipinski definition) is 1. The number of nitrogens with zero attached hydrogens (tertiary/aromatic N) is 2. The minimum Gasteiger partial charge on any atom is -0.341 e. The summed E-state index contributed by atoms with van der Waals surface area (Å²) >= 11 is 0. The standard InChI is InChI=1S/C27H35N3O3S/c1-27(2,3)18-21-13-15-24(16-14-21)34(32,33)29-25(17-20-9-11-22(19-28)12-10-20)26(31)30(4)23-7-5-6-8-23/h9-16,23,25,29H,5-8,17-18H2,1-4H3/t25-/m0/s1. The van der Waals surface area contributed by atoms with Gasteiger partial charge in [0.25, 0.3) is 0 Å². The maximum Gasteiger partial charge on any atom is 0.241 e. The van der Waals surface area contributed by atoms with E-state index in [4.69, 9.17) is 5.26 Å². The van der Waals surface area contributed by atoms with Gasteiger partial charge in [0.15, 0.2) is 0 Å². The van der Waals surface area contributed by atoms with Crippen molar-refractivity contribution < 1.29 is 13.2 Å². The molecule has 6 nitrogen and oxygen atoms in total. The van der Waals surface area contributed by atoms with E-state index >= 15 is 0 Å². The molecule has 1 aliphatic carbocycles. The van der Waals surface area contributed by atoms with Gasteiger partial charge in [-0.1, -0.05) is 57.9 Å². The van der Waals surface area contributed by atoms with E-state index in [0.29, 0.717) is 5.56 Å². The predicted octanol–water partition coefficient (Wildman–Crippen LogP) is 4.44. The van der Waals surface area contributed by atoms with Gasteiger partial charge >= 0.3 is 0 Å². The Hall–Kier alpha value is -2.69. The summed E-state index contributed by atoms with van der Waals surface area (Å²) in [5.41, 5.74) is 2.48. The number of carbonyl (C=O) groups excluding carboxylic acids is 1. The maximum absolute atomic E-state index is 13.4. The van der Waals surface area contributed by atoms with E-state index in [0.717, 1.165) is 43.2 Å². The van der Waals surface area contributed by atoms with E-state index in [1.165, 1.54) is 0 Å². The molecule has 2 aromatic rings. The van der Waals surface area contributed by atoms with Crippen LogP contribution in [0.3, 0.4) is 0 Å². The summed E-state index contributed by atoms with van der Waals surface area (Å²) in [6, 6.07) is 15.1. The predicted molar refractivity (Wildman–Crippen MR) is 134 cm³/mol. The number of amides is 1. The Morgan fingerprint density at radius 2 is 1.62 bits per heavy atom. The smallest absolute Gasteiger partial charge is 0.241 e. The van der Waals surface area contributed by atoms with E-state index in [2.05, 4.69) is 31.6 Å². The highest BCUT2D eigenvalue weighted by molar-refractivity contribution is 7.89. The van der Waals surface area contributed by atoms with Crippen LogP contribution in [0.1, 0.15) is 63.1 Å². The van der Waals surface area contributed by atoms with Crippen LogP contribution in [0.15, 0.2) is 53.4 Å². The largest absolute Gasteiger partial charge is 0.341 e. The molecule has 2 aromatic carbocycles. The molecular formula is C27H35N3O3S. The molecule has 0 aromatic heterocycles. The van der Waals surface area contributed by atoms with Crippen molar-refractivity contribution in [3.63, 3.8) is 0 Å². The highest BCUT2D eigenvalue weighted by Crippen LogP contribution is 2.24. The highest BCUT2D eigenvalue weighted by atomic mass is 32.2. The first-order chi connectivity index (χ1) is 16.0. The number of sulfonamides is 1. The summed E-state index contributed by atoms with van der Waals surface area (Å²) in [5.74, 6) is -0.232. The van der Waals surface area contributed by atoms with Crippen molar-refractivity contribution >= 4 is 15.9 Å². The van der Waals surface area contributed by atoms with Gasteiger partial charge in [0.05, 0.1) is 16.5 Å². The molecule has 1 N–H and O–H groups in total. The number of likely N-dealkylation sites (N-methyl/N-ethyl adjacent to an activating group) is 1. The van der Waals surface area contributed by atoms with Crippen molar-refractivity contribution in [2.24, 2.45) is 5.41 Å². The lowest BCUT2D eigenvalue weighted by Crippen LogP contribution is -2.50. The molecule has 1 atom stereocenters. The molecule has 3 rings (SSSR count). The summed E-state index contributed by atoms with van der Waals surface area (Å²) in [7, 11) is -2.14. The lowest BCUT2D eigenvalue weighted by molar-refractivity contribution is -0.133. The first kappa shape index (κ1) is 25.9. The first-order valence-corrected chi connectivity index (χ1v) is 13.3. The zero-order chi connectivity index (χ0) is 24.9. The first-order valence-electron chi connectivity index (χ1n) is 11.9. The minimum atomic E-state index is -3.90. The summed E-state index contributed by atoms with van der Waals surface area (Å²) in [6.07, 6.45) is 5.09. The van der Waals surface area contributed by atoms with Crippen molar-refractivity contribution in [1.29, 1.82) is 5.26 Å². The van der Waals surface area contributed by atoms with Gasteiger partial charge in [0.2, 0.25) is 15.9 Å². The topological polar surface area (TPSA) is 90.3 Å². The normalized spacial score (nSPS) is 15.6. The molecule has 0 unspecified atom stereocenters. The maximum atomic E-state index is 13.4. The molecule has 1 saturated carbocycles. The van der Waals surface area contributed by atoms with Crippen LogP contribution in [-0.4, -0.2) is 38.4 Å². The number of nitriles is 1. The Bertz CT molecular complexity index is 1120.